The van der Waals surface area contributed by atoms with Gasteiger partial charge in [-0.3, -0.25) is 4.79 Å². The maximum atomic E-state index is 13.0. The van der Waals surface area contributed by atoms with E-state index >= 15 is 0 Å². The van der Waals surface area contributed by atoms with Gasteiger partial charge in [-0.05, 0) is 54.1 Å². The van der Waals surface area contributed by atoms with Crippen LogP contribution in [-0.4, -0.2) is 28.0 Å². The number of nitrogens with one attached hydrogen (secondary N) is 1. The third-order valence-electron chi connectivity index (χ3n) is 4.78. The fourth-order valence-corrected chi connectivity index (χ4v) is 3.51. The highest BCUT2D eigenvalue weighted by Crippen LogP contribution is 2.21. The second kappa shape index (κ2) is 7.98. The molecule has 0 radical (unpaired) electrons. The van der Waals surface area contributed by atoms with Crippen LogP contribution in [0.5, 0.6) is 0 Å². The van der Waals surface area contributed by atoms with E-state index in [-0.39, 0.29) is 11.4 Å². The van der Waals surface area contributed by atoms with Crippen molar-refractivity contribution in [1.29, 1.82) is 0 Å². The SMILES string of the molecule is O=c1[nH]c(CCCN2C=CC(c3ccc(F)cc3)=CC2)nc2c(Cl)cccc12. The predicted octanol–water partition coefficient (Wildman–Crippen LogP) is 4.56. The van der Waals surface area contributed by atoms with Gasteiger partial charge in [-0.1, -0.05) is 35.9 Å². The molecule has 0 unspecified atom stereocenters. The number of rotatable bonds is 5. The molecule has 28 heavy (non-hydrogen) atoms. The van der Waals surface area contributed by atoms with E-state index in [9.17, 15) is 9.18 Å². The molecule has 4 rings (SSSR count). The Morgan fingerprint density at radius 1 is 1.18 bits per heavy atom. The summed E-state index contributed by atoms with van der Waals surface area (Å²) in [5, 5.41) is 0.996. The molecule has 1 N–H and O–H groups in total. The summed E-state index contributed by atoms with van der Waals surface area (Å²) >= 11 is 6.17. The van der Waals surface area contributed by atoms with Crippen LogP contribution >= 0.6 is 11.6 Å². The van der Waals surface area contributed by atoms with Gasteiger partial charge in [0.05, 0.1) is 15.9 Å². The van der Waals surface area contributed by atoms with Gasteiger partial charge in [-0.25, -0.2) is 9.37 Å². The van der Waals surface area contributed by atoms with Gasteiger partial charge >= 0.3 is 0 Å². The Morgan fingerprint density at radius 2 is 2.00 bits per heavy atom. The largest absolute Gasteiger partial charge is 0.374 e. The lowest BCUT2D eigenvalue weighted by Crippen LogP contribution is -2.22. The second-order valence-corrected chi connectivity index (χ2v) is 7.14. The average molecular weight is 396 g/mol. The number of para-hydroxylation sites is 1. The molecule has 2 aromatic carbocycles. The summed E-state index contributed by atoms with van der Waals surface area (Å²) in [5.74, 6) is 0.418. The van der Waals surface area contributed by atoms with Gasteiger partial charge in [0, 0.05) is 19.5 Å². The number of halogens is 2. The molecule has 2 heterocycles. The maximum absolute atomic E-state index is 13.0. The zero-order valence-corrected chi connectivity index (χ0v) is 15.9. The molecular weight excluding hydrogens is 377 g/mol. The lowest BCUT2D eigenvalue weighted by atomic mass is 10.0. The van der Waals surface area contributed by atoms with Gasteiger partial charge < -0.3 is 9.88 Å². The number of allylic oxidation sites excluding steroid dienone is 2. The third kappa shape index (κ3) is 3.99. The molecular formula is C22H19ClFN3O. The van der Waals surface area contributed by atoms with Gasteiger partial charge in [-0.2, -0.15) is 0 Å². The Morgan fingerprint density at radius 3 is 2.75 bits per heavy atom. The Bertz CT molecular complexity index is 1120. The highest BCUT2D eigenvalue weighted by molar-refractivity contribution is 6.34. The summed E-state index contributed by atoms with van der Waals surface area (Å²) in [7, 11) is 0. The smallest absolute Gasteiger partial charge is 0.258 e. The van der Waals surface area contributed by atoms with Gasteiger partial charge in [0.2, 0.25) is 0 Å². The van der Waals surface area contributed by atoms with Crippen LogP contribution in [0.4, 0.5) is 4.39 Å². The van der Waals surface area contributed by atoms with Crippen molar-refractivity contribution >= 4 is 28.1 Å². The van der Waals surface area contributed by atoms with Crippen molar-refractivity contribution in [2.75, 3.05) is 13.1 Å². The van der Waals surface area contributed by atoms with Gasteiger partial charge in [0.1, 0.15) is 11.6 Å². The van der Waals surface area contributed by atoms with Crippen LogP contribution < -0.4 is 5.56 Å². The highest BCUT2D eigenvalue weighted by atomic mass is 35.5. The molecule has 1 aromatic heterocycles. The number of aromatic nitrogens is 2. The predicted molar refractivity (Wildman–Crippen MR) is 111 cm³/mol. The van der Waals surface area contributed by atoms with E-state index in [0.717, 1.165) is 30.6 Å². The Labute approximate surface area is 167 Å². The van der Waals surface area contributed by atoms with E-state index in [4.69, 9.17) is 11.6 Å². The fraction of sp³-hybridized carbons (Fsp3) is 0.182. The summed E-state index contributed by atoms with van der Waals surface area (Å²) in [5.41, 5.74) is 2.48. The molecule has 0 fully saturated rings. The van der Waals surface area contributed by atoms with E-state index in [1.54, 1.807) is 30.3 Å². The topological polar surface area (TPSA) is 49.0 Å². The first kappa shape index (κ1) is 18.4. The van der Waals surface area contributed by atoms with Gasteiger partial charge in [0.25, 0.3) is 5.56 Å². The number of fused-ring (bicyclic) bond motifs is 1. The quantitative estimate of drug-likeness (QED) is 0.688. The van der Waals surface area contributed by atoms with E-state index in [1.165, 1.54) is 12.1 Å². The molecule has 0 saturated heterocycles. The first-order valence-corrected chi connectivity index (χ1v) is 9.54. The van der Waals surface area contributed by atoms with Crippen LogP contribution in [0.15, 0.2) is 65.6 Å². The van der Waals surface area contributed by atoms with Crippen LogP contribution in [0.25, 0.3) is 16.5 Å². The summed E-state index contributed by atoms with van der Waals surface area (Å²) in [6.07, 6.45) is 7.72. The summed E-state index contributed by atoms with van der Waals surface area (Å²) in [6, 6.07) is 11.7. The van der Waals surface area contributed by atoms with Gasteiger partial charge in [-0.15, -0.1) is 0 Å². The minimum Gasteiger partial charge on any atom is -0.374 e. The van der Waals surface area contributed by atoms with E-state index in [0.29, 0.717) is 28.2 Å². The molecule has 0 bridgehead atoms. The summed E-state index contributed by atoms with van der Waals surface area (Å²) < 4.78 is 13.0. The molecule has 3 aromatic rings. The van der Waals surface area contributed by atoms with Crippen molar-refractivity contribution < 1.29 is 4.39 Å². The van der Waals surface area contributed by atoms with E-state index in [2.05, 4.69) is 20.9 Å². The van der Waals surface area contributed by atoms with Crippen molar-refractivity contribution in [3.63, 3.8) is 0 Å². The maximum Gasteiger partial charge on any atom is 0.258 e. The molecule has 0 atom stereocenters. The first-order chi connectivity index (χ1) is 13.6. The molecule has 0 amide bonds. The van der Waals surface area contributed by atoms with E-state index < -0.39 is 0 Å². The minimum absolute atomic E-state index is 0.160. The van der Waals surface area contributed by atoms with Crippen LogP contribution in [0.2, 0.25) is 5.02 Å². The molecule has 0 spiro atoms. The summed E-state index contributed by atoms with van der Waals surface area (Å²) in [6.45, 7) is 1.63. The Kier molecular flexibility index (Phi) is 5.26. The third-order valence-corrected chi connectivity index (χ3v) is 5.09. The molecule has 6 heteroatoms. The first-order valence-electron chi connectivity index (χ1n) is 9.16. The summed E-state index contributed by atoms with van der Waals surface area (Å²) in [4.78, 5) is 21.7. The van der Waals surface area contributed by atoms with Crippen molar-refractivity contribution in [2.45, 2.75) is 12.8 Å². The van der Waals surface area contributed by atoms with Crippen molar-refractivity contribution in [3.05, 3.63) is 93.4 Å². The number of benzene rings is 2. The van der Waals surface area contributed by atoms with E-state index in [1.807, 2.05) is 12.3 Å². The number of nitrogens with zero attached hydrogens (tertiary/aromatic N) is 2. The molecule has 0 aliphatic carbocycles. The van der Waals surface area contributed by atoms with Crippen molar-refractivity contribution in [2.24, 2.45) is 0 Å². The molecule has 0 saturated carbocycles. The molecule has 4 nitrogen and oxygen atoms in total. The normalized spacial score (nSPS) is 13.8. The highest BCUT2D eigenvalue weighted by Gasteiger charge is 2.09. The standard InChI is InChI=1S/C22H19ClFN3O/c23-19-4-1-3-18-21(19)25-20(26-22(18)28)5-2-12-27-13-10-16(11-14-27)15-6-8-17(24)9-7-15/h1,3-4,6-11,13H,2,5,12,14H2,(H,25,26,28). The molecule has 142 valence electrons. The van der Waals surface area contributed by atoms with Crippen molar-refractivity contribution in [3.8, 4) is 0 Å². The Hall–Kier alpha value is -2.92. The number of hydrogen-bond acceptors (Lipinski definition) is 3. The Balaban J connectivity index is 1.36. The van der Waals surface area contributed by atoms with Crippen LogP contribution in [0.1, 0.15) is 17.8 Å². The number of H-pyrrole nitrogens is 1. The zero-order chi connectivity index (χ0) is 19.5. The monoisotopic (exact) mass is 395 g/mol. The lowest BCUT2D eigenvalue weighted by molar-refractivity contribution is 0.402. The van der Waals surface area contributed by atoms with Crippen molar-refractivity contribution in [1.82, 2.24) is 14.9 Å². The van der Waals surface area contributed by atoms with Crippen LogP contribution in [-0.2, 0) is 6.42 Å². The number of hydrogen-bond donors (Lipinski definition) is 1. The molecule has 1 aliphatic rings. The van der Waals surface area contributed by atoms with Gasteiger partial charge in [0.15, 0.2) is 0 Å². The second-order valence-electron chi connectivity index (χ2n) is 6.73. The zero-order valence-electron chi connectivity index (χ0n) is 15.2. The molecule has 1 aliphatic heterocycles. The fourth-order valence-electron chi connectivity index (χ4n) is 3.29. The number of aryl methyl sites for hydroxylation is 1. The lowest BCUT2D eigenvalue weighted by Gasteiger charge is -2.22. The average Bonchev–Trinajstić information content (AvgIpc) is 2.70. The minimum atomic E-state index is -0.229. The number of aromatic amines is 1. The van der Waals surface area contributed by atoms with Crippen LogP contribution in [0.3, 0.4) is 0 Å². The van der Waals surface area contributed by atoms with Crippen LogP contribution in [0, 0.1) is 5.82 Å².